The summed E-state index contributed by atoms with van der Waals surface area (Å²) in [5.74, 6) is 6.43. The SMILES string of the molecule is CC(=O)O[C@H](C#C[C@@H](O)C1CCCCC1)C1CCCCC1. The molecule has 2 saturated carbocycles. The second-order valence-electron chi connectivity index (χ2n) is 6.56. The normalized spacial score (nSPS) is 23.7. The molecule has 0 spiro atoms. The van der Waals surface area contributed by atoms with E-state index in [9.17, 15) is 9.90 Å². The number of hydrogen-bond acceptors (Lipinski definition) is 3. The van der Waals surface area contributed by atoms with Crippen molar-refractivity contribution in [2.75, 3.05) is 0 Å². The molecule has 0 unspecified atom stereocenters. The van der Waals surface area contributed by atoms with Gasteiger partial charge in [0.25, 0.3) is 0 Å². The number of carbonyl (C=O) groups excluding carboxylic acids is 1. The van der Waals surface area contributed by atoms with Crippen molar-refractivity contribution in [1.29, 1.82) is 0 Å². The Bertz CT molecular complexity index is 381. The van der Waals surface area contributed by atoms with Crippen LogP contribution < -0.4 is 0 Å². The highest BCUT2D eigenvalue weighted by Gasteiger charge is 2.25. The van der Waals surface area contributed by atoms with Crippen molar-refractivity contribution in [2.24, 2.45) is 11.8 Å². The smallest absolute Gasteiger partial charge is 0.303 e. The second kappa shape index (κ2) is 8.44. The molecule has 0 aliphatic heterocycles. The summed E-state index contributed by atoms with van der Waals surface area (Å²) in [6.07, 6.45) is 10.7. The van der Waals surface area contributed by atoms with Crippen LogP contribution in [0.1, 0.15) is 71.1 Å². The lowest BCUT2D eigenvalue weighted by atomic mass is 9.84. The Labute approximate surface area is 128 Å². The average molecular weight is 292 g/mol. The quantitative estimate of drug-likeness (QED) is 0.640. The number of esters is 1. The second-order valence-corrected chi connectivity index (χ2v) is 6.56. The van der Waals surface area contributed by atoms with E-state index < -0.39 is 6.10 Å². The van der Waals surface area contributed by atoms with Gasteiger partial charge in [-0.3, -0.25) is 4.79 Å². The summed E-state index contributed by atoms with van der Waals surface area (Å²) in [6.45, 7) is 1.44. The predicted octanol–water partition coefficient (Wildman–Crippen LogP) is 3.44. The molecule has 0 aromatic heterocycles. The molecule has 0 radical (unpaired) electrons. The average Bonchev–Trinajstić information content (AvgIpc) is 2.52. The maximum absolute atomic E-state index is 11.3. The lowest BCUT2D eigenvalue weighted by molar-refractivity contribution is -0.146. The monoisotopic (exact) mass is 292 g/mol. The highest BCUT2D eigenvalue weighted by atomic mass is 16.5. The first-order valence-corrected chi connectivity index (χ1v) is 8.53. The predicted molar refractivity (Wildman–Crippen MR) is 82.5 cm³/mol. The van der Waals surface area contributed by atoms with Crippen LogP contribution in [-0.4, -0.2) is 23.3 Å². The molecular formula is C18H28O3. The molecular weight excluding hydrogens is 264 g/mol. The van der Waals surface area contributed by atoms with Crippen LogP contribution in [0.25, 0.3) is 0 Å². The highest BCUT2D eigenvalue weighted by molar-refractivity contribution is 5.66. The molecule has 3 nitrogen and oxygen atoms in total. The molecule has 0 amide bonds. The van der Waals surface area contributed by atoms with Gasteiger partial charge < -0.3 is 9.84 Å². The summed E-state index contributed by atoms with van der Waals surface area (Å²) in [4.78, 5) is 11.3. The third-order valence-corrected chi connectivity index (χ3v) is 4.84. The first-order chi connectivity index (χ1) is 10.2. The van der Waals surface area contributed by atoms with Crippen molar-refractivity contribution in [3.05, 3.63) is 0 Å². The molecule has 2 fully saturated rings. The van der Waals surface area contributed by atoms with Gasteiger partial charge in [-0.05, 0) is 31.6 Å². The minimum Gasteiger partial charge on any atom is -0.449 e. The summed E-state index contributed by atoms with van der Waals surface area (Å²) in [7, 11) is 0. The Hall–Kier alpha value is -1.01. The van der Waals surface area contributed by atoms with Crippen LogP contribution in [-0.2, 0) is 9.53 Å². The fraction of sp³-hybridized carbons (Fsp3) is 0.833. The van der Waals surface area contributed by atoms with Crippen molar-refractivity contribution in [3.8, 4) is 11.8 Å². The maximum atomic E-state index is 11.3. The van der Waals surface area contributed by atoms with Crippen LogP contribution >= 0.6 is 0 Å². The first kappa shape index (κ1) is 16.4. The number of hydrogen-bond donors (Lipinski definition) is 1. The van der Waals surface area contributed by atoms with E-state index in [1.54, 1.807) is 0 Å². The molecule has 2 atom stereocenters. The molecule has 0 bridgehead atoms. The summed E-state index contributed by atoms with van der Waals surface area (Å²) < 4.78 is 5.40. The fourth-order valence-electron chi connectivity index (χ4n) is 3.59. The molecule has 21 heavy (non-hydrogen) atoms. The molecule has 0 aromatic carbocycles. The van der Waals surface area contributed by atoms with Crippen LogP contribution in [0.2, 0.25) is 0 Å². The van der Waals surface area contributed by atoms with Gasteiger partial charge in [0.2, 0.25) is 0 Å². The van der Waals surface area contributed by atoms with Gasteiger partial charge in [0.1, 0.15) is 6.10 Å². The van der Waals surface area contributed by atoms with E-state index in [0.29, 0.717) is 11.8 Å². The molecule has 2 aliphatic carbocycles. The first-order valence-electron chi connectivity index (χ1n) is 8.53. The van der Waals surface area contributed by atoms with Gasteiger partial charge in [-0.1, -0.05) is 50.4 Å². The molecule has 3 heteroatoms. The number of aliphatic hydroxyl groups is 1. The molecule has 1 N–H and O–H groups in total. The zero-order valence-corrected chi connectivity index (χ0v) is 13.1. The van der Waals surface area contributed by atoms with Gasteiger partial charge in [0.15, 0.2) is 6.10 Å². The molecule has 0 aromatic rings. The van der Waals surface area contributed by atoms with E-state index in [-0.39, 0.29) is 12.1 Å². The molecule has 2 aliphatic rings. The minimum atomic E-state index is -0.563. The van der Waals surface area contributed by atoms with Gasteiger partial charge in [0, 0.05) is 12.8 Å². The maximum Gasteiger partial charge on any atom is 0.303 e. The summed E-state index contributed by atoms with van der Waals surface area (Å²) >= 11 is 0. The standard InChI is InChI=1S/C18H28O3/c1-14(19)21-18(16-10-6-3-7-11-16)13-12-17(20)15-8-4-2-5-9-15/h15-18,20H,2-11H2,1H3/t17-,18-/m1/s1. The Morgan fingerprint density at radius 3 is 2.00 bits per heavy atom. The number of rotatable bonds is 3. The van der Waals surface area contributed by atoms with Gasteiger partial charge in [0.05, 0.1) is 0 Å². The van der Waals surface area contributed by atoms with Crippen molar-refractivity contribution in [1.82, 2.24) is 0 Å². The number of aliphatic hydroxyl groups excluding tert-OH is 1. The van der Waals surface area contributed by atoms with E-state index in [0.717, 1.165) is 25.7 Å². The van der Waals surface area contributed by atoms with Crippen molar-refractivity contribution >= 4 is 5.97 Å². The van der Waals surface area contributed by atoms with Crippen molar-refractivity contribution in [3.63, 3.8) is 0 Å². The third kappa shape index (κ3) is 5.36. The van der Waals surface area contributed by atoms with E-state index >= 15 is 0 Å². The fourth-order valence-corrected chi connectivity index (χ4v) is 3.59. The molecule has 0 saturated heterocycles. The van der Waals surface area contributed by atoms with Gasteiger partial charge in [-0.2, -0.15) is 0 Å². The number of ether oxygens (including phenoxy) is 1. The lowest BCUT2D eigenvalue weighted by Gasteiger charge is -2.27. The van der Waals surface area contributed by atoms with Gasteiger partial charge in [-0.15, -0.1) is 0 Å². The summed E-state index contributed by atoms with van der Waals surface area (Å²) in [6, 6.07) is 0. The van der Waals surface area contributed by atoms with Gasteiger partial charge in [-0.25, -0.2) is 0 Å². The molecule has 2 rings (SSSR count). The topological polar surface area (TPSA) is 46.5 Å². The summed E-state index contributed by atoms with van der Waals surface area (Å²) in [5.41, 5.74) is 0. The molecule has 0 heterocycles. The Morgan fingerprint density at radius 2 is 1.48 bits per heavy atom. The van der Waals surface area contributed by atoms with Crippen LogP contribution in [0.5, 0.6) is 0 Å². The Kier molecular flexibility index (Phi) is 6.57. The lowest BCUT2D eigenvalue weighted by Crippen LogP contribution is -2.28. The minimum absolute atomic E-state index is 0.271. The van der Waals surface area contributed by atoms with Gasteiger partial charge >= 0.3 is 5.97 Å². The van der Waals surface area contributed by atoms with Crippen LogP contribution in [0.15, 0.2) is 0 Å². The molecule has 118 valence electrons. The van der Waals surface area contributed by atoms with Crippen molar-refractivity contribution < 1.29 is 14.6 Å². The van der Waals surface area contributed by atoms with Crippen molar-refractivity contribution in [2.45, 2.75) is 83.3 Å². The van der Waals surface area contributed by atoms with Crippen LogP contribution in [0.4, 0.5) is 0 Å². The summed E-state index contributed by atoms with van der Waals surface area (Å²) in [5, 5.41) is 10.2. The number of carbonyl (C=O) groups is 1. The van der Waals surface area contributed by atoms with E-state index in [4.69, 9.17) is 4.74 Å². The van der Waals surface area contributed by atoms with E-state index in [2.05, 4.69) is 11.8 Å². The largest absolute Gasteiger partial charge is 0.449 e. The van der Waals surface area contributed by atoms with Crippen LogP contribution in [0.3, 0.4) is 0 Å². The van der Waals surface area contributed by atoms with E-state index in [1.165, 1.54) is 45.4 Å². The Balaban J connectivity index is 1.96. The third-order valence-electron chi connectivity index (χ3n) is 4.84. The zero-order chi connectivity index (χ0) is 15.1. The highest BCUT2D eigenvalue weighted by Crippen LogP contribution is 2.29. The Morgan fingerprint density at radius 1 is 0.952 bits per heavy atom. The zero-order valence-electron chi connectivity index (χ0n) is 13.1. The van der Waals surface area contributed by atoms with Crippen LogP contribution in [0, 0.1) is 23.7 Å². The van der Waals surface area contributed by atoms with E-state index in [1.807, 2.05) is 0 Å².